The number of ether oxygens (including phenoxy) is 2. The van der Waals surface area contributed by atoms with Gasteiger partial charge in [0.25, 0.3) is 0 Å². The van der Waals surface area contributed by atoms with Crippen LogP contribution in [0.1, 0.15) is 24.4 Å². The van der Waals surface area contributed by atoms with Gasteiger partial charge in [0.05, 0.1) is 14.2 Å². The summed E-state index contributed by atoms with van der Waals surface area (Å²) in [6, 6.07) is 4.43. The molecule has 3 nitrogen and oxygen atoms in total. The molecule has 0 radical (unpaired) electrons. The van der Waals surface area contributed by atoms with Crippen LogP contribution in [0.4, 0.5) is 0 Å². The second-order valence-corrected chi connectivity index (χ2v) is 5.10. The molecule has 0 heterocycles. The van der Waals surface area contributed by atoms with Gasteiger partial charge < -0.3 is 14.8 Å². The normalized spacial score (nSPS) is 16.7. The zero-order chi connectivity index (χ0) is 12.4. The minimum Gasteiger partial charge on any atom is -0.495 e. The van der Waals surface area contributed by atoms with Crippen molar-refractivity contribution in [3.8, 4) is 11.5 Å². The molecule has 1 aromatic carbocycles. The van der Waals surface area contributed by atoms with Crippen LogP contribution in [0.2, 0.25) is 0 Å². The van der Waals surface area contributed by atoms with E-state index >= 15 is 0 Å². The predicted molar refractivity (Wildman–Crippen MR) is 71.8 cm³/mol. The van der Waals surface area contributed by atoms with E-state index in [9.17, 15) is 0 Å². The minimum absolute atomic E-state index is 0.368. The molecule has 94 valence electrons. The lowest BCUT2D eigenvalue weighted by atomic mass is 10.0. The summed E-state index contributed by atoms with van der Waals surface area (Å²) < 4.78 is 11.7. The topological polar surface area (TPSA) is 30.5 Å². The molecule has 1 saturated carbocycles. The van der Waals surface area contributed by atoms with Gasteiger partial charge in [0.2, 0.25) is 0 Å². The summed E-state index contributed by atoms with van der Waals surface area (Å²) in [7, 11) is 5.36. The van der Waals surface area contributed by atoms with Gasteiger partial charge in [-0.25, -0.2) is 0 Å². The average Bonchev–Trinajstić information content (AvgIpc) is 3.15. The number of methoxy groups -OCH3 is 2. The van der Waals surface area contributed by atoms with Crippen LogP contribution in [0.15, 0.2) is 16.6 Å². The fourth-order valence-corrected chi connectivity index (χ4v) is 2.92. The van der Waals surface area contributed by atoms with Crippen molar-refractivity contribution < 1.29 is 9.47 Å². The highest BCUT2D eigenvalue weighted by atomic mass is 79.9. The maximum atomic E-state index is 5.51. The largest absolute Gasteiger partial charge is 0.495 e. The molecule has 1 fully saturated rings. The van der Waals surface area contributed by atoms with Gasteiger partial charge in [-0.05, 0) is 53.9 Å². The first kappa shape index (κ1) is 12.7. The van der Waals surface area contributed by atoms with Crippen molar-refractivity contribution in [3.63, 3.8) is 0 Å². The number of hydrogen-bond acceptors (Lipinski definition) is 3. The Balaban J connectivity index is 2.42. The van der Waals surface area contributed by atoms with Crippen molar-refractivity contribution in [2.45, 2.75) is 18.9 Å². The molecule has 0 bridgehead atoms. The summed E-state index contributed by atoms with van der Waals surface area (Å²) in [6.45, 7) is 0. The molecule has 1 N–H and O–H groups in total. The van der Waals surface area contributed by atoms with Crippen LogP contribution in [0.3, 0.4) is 0 Å². The van der Waals surface area contributed by atoms with Crippen molar-refractivity contribution >= 4 is 15.9 Å². The van der Waals surface area contributed by atoms with Crippen LogP contribution in [-0.4, -0.2) is 21.3 Å². The van der Waals surface area contributed by atoms with Crippen LogP contribution in [0.25, 0.3) is 0 Å². The first-order valence-electron chi connectivity index (χ1n) is 5.80. The van der Waals surface area contributed by atoms with E-state index < -0.39 is 0 Å². The lowest BCUT2D eigenvalue weighted by Gasteiger charge is -2.20. The number of hydrogen-bond donors (Lipinski definition) is 1. The van der Waals surface area contributed by atoms with Gasteiger partial charge in [0, 0.05) is 11.6 Å². The van der Waals surface area contributed by atoms with E-state index in [0.29, 0.717) is 6.04 Å². The zero-order valence-corrected chi connectivity index (χ0v) is 12.0. The Labute approximate surface area is 111 Å². The maximum absolute atomic E-state index is 5.51. The lowest BCUT2D eigenvalue weighted by molar-refractivity contribution is 0.377. The molecule has 0 amide bonds. The van der Waals surface area contributed by atoms with Gasteiger partial charge >= 0.3 is 0 Å². The number of nitrogens with one attached hydrogen (secondary N) is 1. The van der Waals surface area contributed by atoms with E-state index in [4.69, 9.17) is 9.47 Å². The first-order chi connectivity index (χ1) is 8.22. The molecule has 4 heteroatoms. The van der Waals surface area contributed by atoms with E-state index in [2.05, 4.69) is 27.3 Å². The van der Waals surface area contributed by atoms with Crippen molar-refractivity contribution in [3.05, 3.63) is 22.2 Å². The molecule has 1 unspecified atom stereocenters. The first-order valence-corrected chi connectivity index (χ1v) is 6.59. The molecule has 1 aliphatic carbocycles. The van der Waals surface area contributed by atoms with Gasteiger partial charge in [-0.15, -0.1) is 0 Å². The summed E-state index contributed by atoms with van der Waals surface area (Å²) >= 11 is 3.54. The average molecular weight is 300 g/mol. The van der Waals surface area contributed by atoms with E-state index in [1.807, 2.05) is 13.1 Å². The molecule has 0 aliphatic heterocycles. The van der Waals surface area contributed by atoms with E-state index in [0.717, 1.165) is 21.9 Å². The Kier molecular flexibility index (Phi) is 3.94. The van der Waals surface area contributed by atoms with Crippen molar-refractivity contribution in [1.82, 2.24) is 5.32 Å². The minimum atomic E-state index is 0.368. The lowest BCUT2D eigenvalue weighted by Crippen LogP contribution is -2.19. The van der Waals surface area contributed by atoms with Crippen molar-refractivity contribution in [1.29, 1.82) is 0 Å². The summed E-state index contributed by atoms with van der Waals surface area (Å²) in [5.41, 5.74) is 1.20. The maximum Gasteiger partial charge on any atom is 0.141 e. The monoisotopic (exact) mass is 299 g/mol. The molecular weight excluding hydrogens is 282 g/mol. The Hall–Kier alpha value is -0.740. The number of halogens is 1. The Morgan fingerprint density at radius 1 is 1.29 bits per heavy atom. The second-order valence-electron chi connectivity index (χ2n) is 4.31. The molecule has 17 heavy (non-hydrogen) atoms. The number of rotatable bonds is 5. The van der Waals surface area contributed by atoms with Crippen molar-refractivity contribution in [2.75, 3.05) is 21.3 Å². The molecule has 1 aliphatic rings. The van der Waals surface area contributed by atoms with Crippen LogP contribution in [0.5, 0.6) is 11.5 Å². The van der Waals surface area contributed by atoms with Gasteiger partial charge in [-0.1, -0.05) is 0 Å². The molecule has 0 saturated heterocycles. The molecular formula is C13H18BrNO2. The fourth-order valence-electron chi connectivity index (χ4n) is 2.24. The van der Waals surface area contributed by atoms with Crippen molar-refractivity contribution in [2.24, 2.45) is 5.92 Å². The van der Waals surface area contributed by atoms with Crippen LogP contribution in [-0.2, 0) is 0 Å². The Bertz CT molecular complexity index is 405. The molecule has 1 aromatic rings. The predicted octanol–water partition coefficient (Wildman–Crippen LogP) is 3.14. The summed E-state index contributed by atoms with van der Waals surface area (Å²) in [6.07, 6.45) is 2.58. The van der Waals surface area contributed by atoms with Crippen LogP contribution < -0.4 is 14.8 Å². The summed E-state index contributed by atoms with van der Waals surface area (Å²) in [4.78, 5) is 0. The zero-order valence-electron chi connectivity index (χ0n) is 10.4. The summed E-state index contributed by atoms with van der Waals surface area (Å²) in [5, 5.41) is 3.38. The van der Waals surface area contributed by atoms with Crippen LogP contribution in [0, 0.1) is 5.92 Å². The van der Waals surface area contributed by atoms with Gasteiger partial charge in [0.1, 0.15) is 16.0 Å². The van der Waals surface area contributed by atoms with E-state index in [1.165, 1.54) is 18.4 Å². The SMILES string of the molecule is CNC(c1ccc(OC)c(Br)c1OC)C1CC1. The molecule has 0 aromatic heterocycles. The highest BCUT2D eigenvalue weighted by Gasteiger charge is 2.33. The fraction of sp³-hybridized carbons (Fsp3) is 0.538. The third kappa shape index (κ3) is 2.43. The third-order valence-corrected chi connectivity index (χ3v) is 4.01. The smallest absolute Gasteiger partial charge is 0.141 e. The summed E-state index contributed by atoms with van der Waals surface area (Å²) in [5.74, 6) is 2.40. The highest BCUT2D eigenvalue weighted by Crippen LogP contribution is 2.47. The second kappa shape index (κ2) is 5.27. The standard InChI is InChI=1S/C13H18BrNO2/c1-15-12(8-4-5-8)9-6-7-10(16-2)11(14)13(9)17-3/h6-8,12,15H,4-5H2,1-3H3. The van der Waals surface area contributed by atoms with Gasteiger partial charge in [-0.3, -0.25) is 0 Å². The Morgan fingerprint density at radius 3 is 2.47 bits per heavy atom. The van der Waals surface area contributed by atoms with Crippen LogP contribution >= 0.6 is 15.9 Å². The number of benzene rings is 1. The molecule has 2 rings (SSSR count). The highest BCUT2D eigenvalue weighted by molar-refractivity contribution is 9.10. The van der Waals surface area contributed by atoms with E-state index in [-0.39, 0.29) is 0 Å². The van der Waals surface area contributed by atoms with Gasteiger partial charge in [-0.2, -0.15) is 0 Å². The molecule has 1 atom stereocenters. The molecule has 0 spiro atoms. The Morgan fingerprint density at radius 2 is 2.00 bits per heavy atom. The van der Waals surface area contributed by atoms with E-state index in [1.54, 1.807) is 14.2 Å². The van der Waals surface area contributed by atoms with Gasteiger partial charge in [0.15, 0.2) is 0 Å². The quantitative estimate of drug-likeness (QED) is 0.906. The third-order valence-electron chi connectivity index (χ3n) is 3.26.